The van der Waals surface area contributed by atoms with Gasteiger partial charge in [0.2, 0.25) is 0 Å². The second-order valence-electron chi connectivity index (χ2n) is 6.64. The molecule has 1 saturated heterocycles. The average molecular weight is 358 g/mol. The Morgan fingerprint density at radius 3 is 2.74 bits per heavy atom. The summed E-state index contributed by atoms with van der Waals surface area (Å²) in [6.07, 6.45) is 1.78. The third-order valence-electron chi connectivity index (χ3n) is 4.98. The van der Waals surface area contributed by atoms with Crippen molar-refractivity contribution in [1.29, 1.82) is 0 Å². The van der Waals surface area contributed by atoms with Crippen LogP contribution in [-0.2, 0) is 4.74 Å². The predicted octanol–water partition coefficient (Wildman–Crippen LogP) is 3.84. The summed E-state index contributed by atoms with van der Waals surface area (Å²) in [6, 6.07) is 17.3. The van der Waals surface area contributed by atoms with Crippen LogP contribution in [0.1, 0.15) is 0 Å². The van der Waals surface area contributed by atoms with Crippen LogP contribution in [0.15, 0.2) is 70.0 Å². The Bertz CT molecular complexity index is 1190. The lowest BCUT2D eigenvalue weighted by Gasteiger charge is -2.27. The molecule has 0 aliphatic carbocycles. The minimum Gasteiger partial charge on any atom is -0.440 e. The molecule has 0 N–H and O–H groups in total. The molecule has 1 fully saturated rings. The fourth-order valence-electron chi connectivity index (χ4n) is 3.57. The van der Waals surface area contributed by atoms with Crippen molar-refractivity contribution in [2.75, 3.05) is 31.2 Å². The van der Waals surface area contributed by atoms with Gasteiger partial charge >= 0.3 is 0 Å². The van der Waals surface area contributed by atoms with Gasteiger partial charge in [0.05, 0.1) is 24.1 Å². The van der Waals surface area contributed by atoms with Crippen LogP contribution in [0.2, 0.25) is 0 Å². The van der Waals surface area contributed by atoms with Gasteiger partial charge in [0.15, 0.2) is 11.3 Å². The van der Waals surface area contributed by atoms with E-state index in [0.717, 1.165) is 35.1 Å². The second kappa shape index (κ2) is 6.52. The third kappa shape index (κ3) is 2.86. The molecule has 134 valence electrons. The van der Waals surface area contributed by atoms with E-state index in [1.54, 1.807) is 12.3 Å². The summed E-state index contributed by atoms with van der Waals surface area (Å²) in [7, 11) is 0. The van der Waals surface area contributed by atoms with E-state index in [9.17, 15) is 4.79 Å². The highest BCUT2D eigenvalue weighted by molar-refractivity contribution is 5.95. The number of pyridine rings is 1. The standard InChI is InChI=1S/C22H18N2O3/c25-20-14-21(24-9-11-26-12-10-24)27-22-17(4-1-5-18(20)22)16-7-6-15-3-2-8-23-19(15)13-16/h1-8,13-14H,9-12H2. The third-order valence-corrected chi connectivity index (χ3v) is 4.98. The van der Waals surface area contributed by atoms with Crippen molar-refractivity contribution in [2.45, 2.75) is 0 Å². The molecule has 0 unspecified atom stereocenters. The Balaban J connectivity index is 1.71. The predicted molar refractivity (Wildman–Crippen MR) is 106 cm³/mol. The van der Waals surface area contributed by atoms with Gasteiger partial charge in [-0.05, 0) is 23.8 Å². The quantitative estimate of drug-likeness (QED) is 0.545. The van der Waals surface area contributed by atoms with Crippen molar-refractivity contribution < 1.29 is 9.15 Å². The van der Waals surface area contributed by atoms with Gasteiger partial charge in [0.25, 0.3) is 0 Å². The maximum Gasteiger partial charge on any atom is 0.200 e. The Kier molecular flexibility index (Phi) is 3.87. The largest absolute Gasteiger partial charge is 0.440 e. The lowest BCUT2D eigenvalue weighted by molar-refractivity contribution is 0.121. The zero-order valence-corrected chi connectivity index (χ0v) is 14.7. The molecule has 0 atom stereocenters. The topological polar surface area (TPSA) is 55.6 Å². The highest BCUT2D eigenvalue weighted by Gasteiger charge is 2.17. The number of hydrogen-bond acceptors (Lipinski definition) is 5. The lowest BCUT2D eigenvalue weighted by atomic mass is 10.0. The number of anilines is 1. The Morgan fingerprint density at radius 2 is 1.85 bits per heavy atom. The molecule has 27 heavy (non-hydrogen) atoms. The van der Waals surface area contributed by atoms with Crippen LogP contribution in [-0.4, -0.2) is 31.3 Å². The van der Waals surface area contributed by atoms with Crippen molar-refractivity contribution in [3.8, 4) is 11.1 Å². The molecule has 2 aromatic heterocycles. The van der Waals surface area contributed by atoms with E-state index in [2.05, 4.69) is 9.88 Å². The van der Waals surface area contributed by atoms with Crippen LogP contribution >= 0.6 is 0 Å². The van der Waals surface area contributed by atoms with Gasteiger partial charge in [-0.2, -0.15) is 0 Å². The summed E-state index contributed by atoms with van der Waals surface area (Å²) in [6.45, 7) is 2.71. The molecule has 1 aliphatic heterocycles. The lowest BCUT2D eigenvalue weighted by Crippen LogP contribution is -2.36. The highest BCUT2D eigenvalue weighted by Crippen LogP contribution is 2.31. The minimum atomic E-state index is -0.0292. The smallest absolute Gasteiger partial charge is 0.200 e. The van der Waals surface area contributed by atoms with E-state index in [1.165, 1.54) is 0 Å². The fourth-order valence-corrected chi connectivity index (χ4v) is 3.57. The van der Waals surface area contributed by atoms with Crippen molar-refractivity contribution in [1.82, 2.24) is 4.98 Å². The maximum absolute atomic E-state index is 12.7. The van der Waals surface area contributed by atoms with Crippen molar-refractivity contribution in [2.24, 2.45) is 0 Å². The zero-order valence-electron chi connectivity index (χ0n) is 14.7. The average Bonchev–Trinajstić information content (AvgIpc) is 2.73. The second-order valence-corrected chi connectivity index (χ2v) is 6.64. The van der Waals surface area contributed by atoms with E-state index < -0.39 is 0 Å². The van der Waals surface area contributed by atoms with Crippen LogP contribution in [0, 0.1) is 0 Å². The molecular formula is C22H18N2O3. The van der Waals surface area contributed by atoms with E-state index in [1.807, 2.05) is 48.5 Å². The Morgan fingerprint density at radius 1 is 0.963 bits per heavy atom. The van der Waals surface area contributed by atoms with Crippen molar-refractivity contribution in [3.05, 3.63) is 71.0 Å². The van der Waals surface area contributed by atoms with Crippen LogP contribution in [0.5, 0.6) is 0 Å². The number of para-hydroxylation sites is 1. The van der Waals surface area contributed by atoms with E-state index in [4.69, 9.17) is 9.15 Å². The first-order valence-electron chi connectivity index (χ1n) is 9.04. The fraction of sp³-hybridized carbons (Fsp3) is 0.182. The molecular weight excluding hydrogens is 340 g/mol. The molecule has 5 nitrogen and oxygen atoms in total. The minimum absolute atomic E-state index is 0.0292. The number of rotatable bonds is 2. The van der Waals surface area contributed by atoms with Crippen molar-refractivity contribution in [3.63, 3.8) is 0 Å². The van der Waals surface area contributed by atoms with Gasteiger partial charge in [-0.1, -0.05) is 30.3 Å². The molecule has 0 radical (unpaired) electrons. The summed E-state index contributed by atoms with van der Waals surface area (Å²) < 4.78 is 11.6. The molecule has 2 aromatic carbocycles. The Hall–Kier alpha value is -3.18. The molecule has 0 saturated carbocycles. The number of nitrogens with zero attached hydrogens (tertiary/aromatic N) is 2. The number of fused-ring (bicyclic) bond motifs is 2. The molecule has 0 amide bonds. The summed E-state index contributed by atoms with van der Waals surface area (Å²) in [5, 5.41) is 1.67. The first-order valence-corrected chi connectivity index (χ1v) is 9.04. The Labute approximate surface area is 155 Å². The first-order chi connectivity index (χ1) is 13.3. The molecule has 1 aliphatic rings. The summed E-state index contributed by atoms with van der Waals surface area (Å²) in [4.78, 5) is 19.2. The molecule has 0 bridgehead atoms. The SMILES string of the molecule is O=c1cc(N2CCOCC2)oc2c(-c3ccc4cccnc4c3)cccc12. The van der Waals surface area contributed by atoms with Gasteiger partial charge < -0.3 is 14.1 Å². The van der Waals surface area contributed by atoms with Gasteiger partial charge in [-0.25, -0.2) is 0 Å². The summed E-state index contributed by atoms with van der Waals surface area (Å²) in [5.74, 6) is 0.599. The van der Waals surface area contributed by atoms with Gasteiger partial charge in [0.1, 0.15) is 5.58 Å². The van der Waals surface area contributed by atoms with Crippen LogP contribution in [0.3, 0.4) is 0 Å². The van der Waals surface area contributed by atoms with Crippen LogP contribution in [0.25, 0.3) is 33.0 Å². The van der Waals surface area contributed by atoms with Crippen LogP contribution in [0.4, 0.5) is 5.88 Å². The molecule has 4 aromatic rings. The van der Waals surface area contributed by atoms with Gasteiger partial charge in [-0.15, -0.1) is 0 Å². The summed E-state index contributed by atoms with van der Waals surface area (Å²) >= 11 is 0. The summed E-state index contributed by atoms with van der Waals surface area (Å²) in [5.41, 5.74) is 3.38. The molecule has 0 spiro atoms. The van der Waals surface area contributed by atoms with E-state index >= 15 is 0 Å². The number of ether oxygens (including phenoxy) is 1. The number of benzene rings is 2. The van der Waals surface area contributed by atoms with E-state index in [-0.39, 0.29) is 5.43 Å². The van der Waals surface area contributed by atoms with Gasteiger partial charge in [0, 0.05) is 36.3 Å². The zero-order chi connectivity index (χ0) is 18.2. The number of aromatic nitrogens is 1. The molecule has 5 heteroatoms. The first kappa shape index (κ1) is 16.0. The van der Waals surface area contributed by atoms with Crippen molar-refractivity contribution >= 4 is 27.8 Å². The highest BCUT2D eigenvalue weighted by atomic mass is 16.5. The molecule has 5 rings (SSSR count). The normalized spacial score (nSPS) is 14.7. The van der Waals surface area contributed by atoms with E-state index in [0.29, 0.717) is 30.1 Å². The number of hydrogen-bond donors (Lipinski definition) is 0. The number of morpholine rings is 1. The molecule has 3 heterocycles. The maximum atomic E-state index is 12.7. The monoisotopic (exact) mass is 358 g/mol. The van der Waals surface area contributed by atoms with Gasteiger partial charge in [-0.3, -0.25) is 9.78 Å². The van der Waals surface area contributed by atoms with Crippen LogP contribution < -0.4 is 10.3 Å².